The molecule has 0 spiro atoms. The van der Waals surface area contributed by atoms with E-state index in [2.05, 4.69) is 6.07 Å². The molecular formula is C17H23N3O. The van der Waals surface area contributed by atoms with E-state index in [-0.39, 0.29) is 11.9 Å². The SMILES string of the molecule is CC(C(=O)N1CCCCCC1)N(C)c1ccc(C#N)cc1. The minimum atomic E-state index is -0.184. The number of hydrogen-bond donors (Lipinski definition) is 0. The van der Waals surface area contributed by atoms with Crippen molar-refractivity contribution >= 4 is 11.6 Å². The lowest BCUT2D eigenvalue weighted by molar-refractivity contribution is -0.132. The minimum absolute atomic E-state index is 0.184. The molecule has 1 aromatic carbocycles. The number of nitrogens with zero attached hydrogens (tertiary/aromatic N) is 3. The van der Waals surface area contributed by atoms with Gasteiger partial charge in [0.15, 0.2) is 0 Å². The molecule has 4 heteroatoms. The maximum absolute atomic E-state index is 12.6. The summed E-state index contributed by atoms with van der Waals surface area (Å²) in [6.45, 7) is 3.71. The number of rotatable bonds is 3. The fourth-order valence-corrected chi connectivity index (χ4v) is 2.72. The number of carbonyl (C=O) groups is 1. The van der Waals surface area contributed by atoms with Crippen molar-refractivity contribution < 1.29 is 4.79 Å². The molecule has 1 aliphatic heterocycles. The first-order valence-electron chi connectivity index (χ1n) is 7.65. The zero-order valence-corrected chi connectivity index (χ0v) is 12.9. The van der Waals surface area contributed by atoms with E-state index in [0.717, 1.165) is 31.6 Å². The van der Waals surface area contributed by atoms with E-state index in [9.17, 15) is 4.79 Å². The highest BCUT2D eigenvalue weighted by Gasteiger charge is 2.24. The number of hydrogen-bond acceptors (Lipinski definition) is 3. The number of amides is 1. The lowest BCUT2D eigenvalue weighted by Gasteiger charge is -2.31. The Hall–Kier alpha value is -2.02. The van der Waals surface area contributed by atoms with Crippen molar-refractivity contribution in [2.45, 2.75) is 38.6 Å². The van der Waals surface area contributed by atoms with Gasteiger partial charge in [0.1, 0.15) is 6.04 Å². The summed E-state index contributed by atoms with van der Waals surface area (Å²) in [5.74, 6) is 0.198. The van der Waals surface area contributed by atoms with E-state index in [4.69, 9.17) is 5.26 Å². The first-order chi connectivity index (χ1) is 10.1. The summed E-state index contributed by atoms with van der Waals surface area (Å²) in [5.41, 5.74) is 1.60. The third-order valence-corrected chi connectivity index (χ3v) is 4.26. The van der Waals surface area contributed by atoms with Gasteiger partial charge in [-0.25, -0.2) is 0 Å². The van der Waals surface area contributed by atoms with Crippen LogP contribution in [0.3, 0.4) is 0 Å². The van der Waals surface area contributed by atoms with Gasteiger partial charge in [0, 0.05) is 25.8 Å². The molecular weight excluding hydrogens is 262 g/mol. The highest BCUT2D eigenvalue weighted by Crippen LogP contribution is 2.18. The quantitative estimate of drug-likeness (QED) is 0.858. The molecule has 1 atom stereocenters. The van der Waals surface area contributed by atoms with Crippen LogP contribution in [0.4, 0.5) is 5.69 Å². The Morgan fingerprint density at radius 3 is 2.29 bits per heavy atom. The lowest BCUT2D eigenvalue weighted by Crippen LogP contribution is -2.46. The summed E-state index contributed by atoms with van der Waals surface area (Å²) in [6, 6.07) is 9.29. The largest absolute Gasteiger partial charge is 0.363 e. The van der Waals surface area contributed by atoms with E-state index >= 15 is 0 Å². The number of likely N-dealkylation sites (N-methyl/N-ethyl adjacent to an activating group) is 1. The molecule has 0 N–H and O–H groups in total. The van der Waals surface area contributed by atoms with Crippen LogP contribution in [-0.2, 0) is 4.79 Å². The molecule has 1 unspecified atom stereocenters. The Bertz CT molecular complexity index is 510. The average Bonchev–Trinajstić information content (AvgIpc) is 2.82. The molecule has 0 aromatic heterocycles. The molecule has 21 heavy (non-hydrogen) atoms. The molecule has 1 aliphatic rings. The van der Waals surface area contributed by atoms with Gasteiger partial charge in [-0.3, -0.25) is 4.79 Å². The number of benzene rings is 1. The van der Waals surface area contributed by atoms with Crippen molar-refractivity contribution in [1.29, 1.82) is 5.26 Å². The second kappa shape index (κ2) is 7.12. The van der Waals surface area contributed by atoms with Crippen LogP contribution in [0.2, 0.25) is 0 Å². The van der Waals surface area contributed by atoms with Crippen LogP contribution >= 0.6 is 0 Å². The summed E-state index contributed by atoms with van der Waals surface area (Å²) in [7, 11) is 1.93. The molecule has 1 aromatic rings. The molecule has 0 saturated carbocycles. The molecule has 0 bridgehead atoms. The van der Waals surface area contributed by atoms with Crippen molar-refractivity contribution in [1.82, 2.24) is 4.90 Å². The van der Waals surface area contributed by atoms with Gasteiger partial charge in [-0.05, 0) is 44.0 Å². The molecule has 0 aliphatic carbocycles. The molecule has 2 rings (SSSR count). The van der Waals surface area contributed by atoms with Crippen molar-refractivity contribution in [3.05, 3.63) is 29.8 Å². The fraction of sp³-hybridized carbons (Fsp3) is 0.529. The minimum Gasteiger partial charge on any atom is -0.363 e. The normalized spacial score (nSPS) is 16.7. The Morgan fingerprint density at radius 1 is 1.19 bits per heavy atom. The summed E-state index contributed by atoms with van der Waals surface area (Å²) in [6.07, 6.45) is 4.67. The second-order valence-electron chi connectivity index (χ2n) is 5.69. The summed E-state index contributed by atoms with van der Waals surface area (Å²) < 4.78 is 0. The predicted molar refractivity (Wildman–Crippen MR) is 84.1 cm³/mol. The van der Waals surface area contributed by atoms with Gasteiger partial charge in [-0.15, -0.1) is 0 Å². The maximum Gasteiger partial charge on any atom is 0.244 e. The van der Waals surface area contributed by atoms with Crippen molar-refractivity contribution in [2.24, 2.45) is 0 Å². The molecule has 112 valence electrons. The number of nitriles is 1. The van der Waals surface area contributed by atoms with Crippen molar-refractivity contribution in [2.75, 3.05) is 25.0 Å². The Labute approximate surface area is 127 Å². The Kier molecular flexibility index (Phi) is 5.21. The van der Waals surface area contributed by atoms with Gasteiger partial charge in [0.25, 0.3) is 0 Å². The number of likely N-dealkylation sites (tertiary alicyclic amines) is 1. The zero-order chi connectivity index (χ0) is 15.2. The zero-order valence-electron chi connectivity index (χ0n) is 12.9. The van der Waals surface area contributed by atoms with Crippen LogP contribution in [0.25, 0.3) is 0 Å². The van der Waals surface area contributed by atoms with Gasteiger partial charge in [-0.1, -0.05) is 12.8 Å². The number of anilines is 1. The number of carbonyl (C=O) groups excluding carboxylic acids is 1. The van der Waals surface area contributed by atoms with E-state index < -0.39 is 0 Å². The van der Waals surface area contributed by atoms with Gasteiger partial charge >= 0.3 is 0 Å². The lowest BCUT2D eigenvalue weighted by atomic mass is 10.1. The van der Waals surface area contributed by atoms with E-state index in [0.29, 0.717) is 5.56 Å². The van der Waals surface area contributed by atoms with Crippen LogP contribution in [0.15, 0.2) is 24.3 Å². The van der Waals surface area contributed by atoms with Gasteiger partial charge in [0.05, 0.1) is 11.6 Å². The average molecular weight is 285 g/mol. The summed E-state index contributed by atoms with van der Waals surface area (Å²) in [5, 5.41) is 8.84. The third kappa shape index (κ3) is 3.75. The van der Waals surface area contributed by atoms with E-state index in [1.165, 1.54) is 12.8 Å². The van der Waals surface area contributed by atoms with Crippen molar-refractivity contribution in [3.8, 4) is 6.07 Å². The summed E-state index contributed by atoms with van der Waals surface area (Å²) >= 11 is 0. The van der Waals surface area contributed by atoms with Crippen LogP contribution in [0, 0.1) is 11.3 Å². The second-order valence-corrected chi connectivity index (χ2v) is 5.69. The van der Waals surface area contributed by atoms with Crippen LogP contribution in [0.5, 0.6) is 0 Å². The Morgan fingerprint density at radius 2 is 1.76 bits per heavy atom. The van der Waals surface area contributed by atoms with E-state index in [1.54, 1.807) is 12.1 Å². The Balaban J connectivity index is 2.04. The van der Waals surface area contributed by atoms with Crippen molar-refractivity contribution in [3.63, 3.8) is 0 Å². The smallest absolute Gasteiger partial charge is 0.244 e. The highest BCUT2D eigenvalue weighted by molar-refractivity contribution is 5.84. The third-order valence-electron chi connectivity index (χ3n) is 4.26. The van der Waals surface area contributed by atoms with Crippen LogP contribution in [-0.4, -0.2) is 37.0 Å². The highest BCUT2D eigenvalue weighted by atomic mass is 16.2. The fourth-order valence-electron chi connectivity index (χ4n) is 2.72. The molecule has 4 nitrogen and oxygen atoms in total. The molecule has 1 fully saturated rings. The summed E-state index contributed by atoms with van der Waals surface area (Å²) in [4.78, 5) is 16.6. The predicted octanol–water partition coefficient (Wildman–Crippen LogP) is 2.79. The van der Waals surface area contributed by atoms with Crippen LogP contribution < -0.4 is 4.90 Å². The molecule has 1 heterocycles. The van der Waals surface area contributed by atoms with Crippen LogP contribution in [0.1, 0.15) is 38.2 Å². The molecule has 0 radical (unpaired) electrons. The monoisotopic (exact) mass is 285 g/mol. The maximum atomic E-state index is 12.6. The topological polar surface area (TPSA) is 47.3 Å². The van der Waals surface area contributed by atoms with Gasteiger partial charge in [-0.2, -0.15) is 5.26 Å². The first-order valence-corrected chi connectivity index (χ1v) is 7.65. The molecule has 1 amide bonds. The molecule has 1 saturated heterocycles. The van der Waals surface area contributed by atoms with Gasteiger partial charge < -0.3 is 9.80 Å². The van der Waals surface area contributed by atoms with E-state index in [1.807, 2.05) is 35.9 Å². The first kappa shape index (κ1) is 15.4. The van der Waals surface area contributed by atoms with Gasteiger partial charge in [0.2, 0.25) is 5.91 Å². The standard InChI is InChI=1S/C17H23N3O/c1-14(17(21)20-11-5-3-4-6-12-20)19(2)16-9-7-15(13-18)8-10-16/h7-10,14H,3-6,11-12H2,1-2H3.